The number of nitrogens with one attached hydrogen (secondary N) is 1. The molecule has 21 heavy (non-hydrogen) atoms. The number of carbonyl (C=O) groups is 1. The first-order valence-electron chi connectivity index (χ1n) is 6.95. The average molecular weight is 291 g/mol. The van der Waals surface area contributed by atoms with Crippen LogP contribution in [0.1, 0.15) is 18.1 Å². The maximum atomic E-state index is 13.2. The molecule has 0 bridgehead atoms. The van der Waals surface area contributed by atoms with Crippen molar-refractivity contribution in [2.24, 2.45) is 0 Å². The minimum absolute atomic E-state index is 0.273. The van der Waals surface area contributed by atoms with E-state index in [0.717, 1.165) is 12.1 Å². The smallest absolute Gasteiger partial charge is 0.324 e. The summed E-state index contributed by atoms with van der Waals surface area (Å²) in [5.74, 6) is -0.706. The number of rotatable bonds is 4. The van der Waals surface area contributed by atoms with E-state index in [0.29, 0.717) is 31.8 Å². The number of piperazine rings is 1. The predicted octanol–water partition coefficient (Wildman–Crippen LogP) is 1.03. The fraction of sp³-hybridized carbons (Fsp3) is 0.467. The van der Waals surface area contributed by atoms with Gasteiger partial charge in [0.2, 0.25) is 0 Å². The zero-order chi connectivity index (χ0) is 15.2. The summed E-state index contributed by atoms with van der Waals surface area (Å²) < 4.78 is 18.2. The molecule has 6 heteroatoms. The second-order valence-electron chi connectivity index (χ2n) is 4.86. The van der Waals surface area contributed by atoms with Crippen molar-refractivity contribution in [1.29, 1.82) is 5.26 Å². The van der Waals surface area contributed by atoms with E-state index >= 15 is 0 Å². The lowest BCUT2D eigenvalue weighted by molar-refractivity contribution is -0.150. The van der Waals surface area contributed by atoms with Gasteiger partial charge in [0, 0.05) is 26.2 Å². The number of benzene rings is 1. The first kappa shape index (κ1) is 15.4. The number of hydrogen-bond donors (Lipinski definition) is 1. The summed E-state index contributed by atoms with van der Waals surface area (Å²) in [6.07, 6.45) is 0. The normalized spacial score (nSPS) is 19.0. The van der Waals surface area contributed by atoms with Gasteiger partial charge in [-0.25, -0.2) is 4.39 Å². The van der Waals surface area contributed by atoms with Gasteiger partial charge in [0.1, 0.15) is 11.9 Å². The summed E-state index contributed by atoms with van der Waals surface area (Å²) in [7, 11) is 0. The highest BCUT2D eigenvalue weighted by molar-refractivity contribution is 5.76. The van der Waals surface area contributed by atoms with Gasteiger partial charge in [-0.15, -0.1) is 0 Å². The third kappa shape index (κ3) is 3.78. The molecular formula is C15H18FN3O2. The number of hydrogen-bond acceptors (Lipinski definition) is 5. The van der Waals surface area contributed by atoms with Gasteiger partial charge < -0.3 is 10.1 Å². The minimum atomic E-state index is -0.433. The van der Waals surface area contributed by atoms with Gasteiger partial charge in [-0.2, -0.15) is 5.26 Å². The fourth-order valence-electron chi connectivity index (χ4n) is 2.42. The Morgan fingerprint density at radius 2 is 2.43 bits per heavy atom. The van der Waals surface area contributed by atoms with E-state index in [2.05, 4.69) is 5.32 Å². The number of halogens is 1. The number of nitriles is 1. The second-order valence-corrected chi connectivity index (χ2v) is 4.86. The molecule has 1 heterocycles. The highest BCUT2D eigenvalue weighted by Gasteiger charge is 2.30. The molecule has 1 saturated heterocycles. The van der Waals surface area contributed by atoms with Crippen LogP contribution in [-0.2, 0) is 16.1 Å². The Kier molecular flexibility index (Phi) is 5.26. The molecule has 1 aliphatic heterocycles. The van der Waals surface area contributed by atoms with Crippen LogP contribution in [0.2, 0.25) is 0 Å². The van der Waals surface area contributed by atoms with E-state index in [1.165, 1.54) is 12.1 Å². The van der Waals surface area contributed by atoms with Crippen LogP contribution in [0.15, 0.2) is 18.2 Å². The molecule has 2 rings (SSSR count). The van der Waals surface area contributed by atoms with Gasteiger partial charge in [0.05, 0.1) is 18.2 Å². The SMILES string of the molecule is CCOC(=O)C1CNCCN1Cc1ccc(F)cc1C#N. The molecular weight excluding hydrogens is 273 g/mol. The molecule has 1 N–H and O–H groups in total. The Balaban J connectivity index is 2.16. The van der Waals surface area contributed by atoms with E-state index in [-0.39, 0.29) is 12.0 Å². The van der Waals surface area contributed by atoms with Gasteiger partial charge in [-0.3, -0.25) is 9.69 Å². The molecule has 1 aromatic rings. The number of esters is 1. The van der Waals surface area contributed by atoms with Crippen LogP contribution in [-0.4, -0.2) is 43.2 Å². The molecule has 1 atom stereocenters. The van der Waals surface area contributed by atoms with Crippen molar-refractivity contribution in [1.82, 2.24) is 10.2 Å². The standard InChI is InChI=1S/C15H18FN3O2/c1-2-21-15(20)14-9-18-5-6-19(14)10-11-3-4-13(16)7-12(11)8-17/h3-4,7,14,18H,2,5-6,9-10H2,1H3. The molecule has 112 valence electrons. The Morgan fingerprint density at radius 1 is 1.62 bits per heavy atom. The molecule has 0 aliphatic carbocycles. The lowest BCUT2D eigenvalue weighted by Crippen LogP contribution is -2.54. The Hall–Kier alpha value is -1.97. The summed E-state index contributed by atoms with van der Waals surface area (Å²) in [4.78, 5) is 13.9. The zero-order valence-corrected chi connectivity index (χ0v) is 11.9. The third-order valence-corrected chi connectivity index (χ3v) is 3.48. The lowest BCUT2D eigenvalue weighted by Gasteiger charge is -2.34. The molecule has 0 amide bonds. The molecule has 0 radical (unpaired) electrons. The Morgan fingerprint density at radius 3 is 3.14 bits per heavy atom. The number of carbonyl (C=O) groups excluding carboxylic acids is 1. The fourth-order valence-corrected chi connectivity index (χ4v) is 2.42. The minimum Gasteiger partial charge on any atom is -0.465 e. The van der Waals surface area contributed by atoms with Crippen LogP contribution in [0.4, 0.5) is 4.39 Å². The Labute approximate surface area is 123 Å². The van der Waals surface area contributed by atoms with Crippen molar-refractivity contribution in [3.63, 3.8) is 0 Å². The van der Waals surface area contributed by atoms with E-state index < -0.39 is 5.82 Å². The van der Waals surface area contributed by atoms with Crippen molar-refractivity contribution < 1.29 is 13.9 Å². The van der Waals surface area contributed by atoms with Crippen LogP contribution >= 0.6 is 0 Å². The van der Waals surface area contributed by atoms with E-state index in [9.17, 15) is 9.18 Å². The zero-order valence-electron chi connectivity index (χ0n) is 11.9. The summed E-state index contributed by atoms with van der Waals surface area (Å²) >= 11 is 0. The van der Waals surface area contributed by atoms with Crippen LogP contribution in [0.5, 0.6) is 0 Å². The summed E-state index contributed by atoms with van der Waals surface area (Å²) in [6, 6.07) is 5.76. The van der Waals surface area contributed by atoms with Crippen molar-refractivity contribution in [3.8, 4) is 6.07 Å². The predicted molar refractivity (Wildman–Crippen MR) is 74.8 cm³/mol. The van der Waals surface area contributed by atoms with Gasteiger partial charge >= 0.3 is 5.97 Å². The second kappa shape index (κ2) is 7.16. The van der Waals surface area contributed by atoms with Gasteiger partial charge in [0.15, 0.2) is 0 Å². The maximum absolute atomic E-state index is 13.2. The van der Waals surface area contributed by atoms with E-state index in [1.54, 1.807) is 13.0 Å². The van der Waals surface area contributed by atoms with Crippen molar-refractivity contribution in [3.05, 3.63) is 35.1 Å². The first-order chi connectivity index (χ1) is 10.2. The summed E-state index contributed by atoms with van der Waals surface area (Å²) in [5.41, 5.74) is 1.02. The van der Waals surface area contributed by atoms with Crippen molar-refractivity contribution >= 4 is 5.97 Å². The first-order valence-corrected chi connectivity index (χ1v) is 6.95. The molecule has 5 nitrogen and oxygen atoms in total. The van der Waals surface area contributed by atoms with Crippen molar-refractivity contribution in [2.75, 3.05) is 26.2 Å². The molecule has 1 unspecified atom stereocenters. The molecule has 1 fully saturated rings. The van der Waals surface area contributed by atoms with E-state index in [1.807, 2.05) is 11.0 Å². The average Bonchev–Trinajstić information content (AvgIpc) is 2.49. The summed E-state index contributed by atoms with van der Waals surface area (Å²) in [6.45, 7) is 4.48. The van der Waals surface area contributed by atoms with Gasteiger partial charge in [0.25, 0.3) is 0 Å². The maximum Gasteiger partial charge on any atom is 0.324 e. The van der Waals surface area contributed by atoms with E-state index in [4.69, 9.17) is 10.00 Å². The van der Waals surface area contributed by atoms with Crippen LogP contribution < -0.4 is 5.32 Å². The van der Waals surface area contributed by atoms with Gasteiger partial charge in [-0.05, 0) is 24.6 Å². The monoisotopic (exact) mass is 291 g/mol. The molecule has 0 saturated carbocycles. The highest BCUT2D eigenvalue weighted by Crippen LogP contribution is 2.16. The highest BCUT2D eigenvalue weighted by atomic mass is 19.1. The lowest BCUT2D eigenvalue weighted by atomic mass is 10.1. The van der Waals surface area contributed by atoms with Gasteiger partial charge in [-0.1, -0.05) is 6.07 Å². The Bertz CT molecular complexity index is 556. The van der Waals surface area contributed by atoms with Crippen LogP contribution in [0.25, 0.3) is 0 Å². The third-order valence-electron chi connectivity index (χ3n) is 3.48. The molecule has 0 spiro atoms. The van der Waals surface area contributed by atoms with Crippen LogP contribution in [0.3, 0.4) is 0 Å². The van der Waals surface area contributed by atoms with Crippen LogP contribution in [0, 0.1) is 17.1 Å². The van der Waals surface area contributed by atoms with Crippen molar-refractivity contribution in [2.45, 2.75) is 19.5 Å². The molecule has 1 aliphatic rings. The topological polar surface area (TPSA) is 65.4 Å². The summed E-state index contributed by atoms with van der Waals surface area (Å²) in [5, 5.41) is 12.3. The molecule has 1 aromatic carbocycles. The number of ether oxygens (including phenoxy) is 1. The quantitative estimate of drug-likeness (QED) is 0.840. The molecule has 0 aromatic heterocycles. The number of nitrogens with zero attached hydrogens (tertiary/aromatic N) is 2. The largest absolute Gasteiger partial charge is 0.465 e.